The molecule has 106 valence electrons. The Morgan fingerprint density at radius 2 is 2.05 bits per heavy atom. The van der Waals surface area contributed by atoms with E-state index in [4.69, 9.17) is 27.9 Å². The van der Waals surface area contributed by atoms with E-state index in [0.29, 0.717) is 21.5 Å². The number of aromatic nitrogens is 1. The number of halogens is 2. The molecule has 1 unspecified atom stereocenters. The van der Waals surface area contributed by atoms with Crippen LogP contribution in [0.3, 0.4) is 0 Å². The van der Waals surface area contributed by atoms with Crippen molar-refractivity contribution in [1.82, 2.24) is 10.3 Å². The molecule has 2 aromatic rings. The average Bonchev–Trinajstić information content (AvgIpc) is 2.45. The van der Waals surface area contributed by atoms with Gasteiger partial charge in [0.2, 0.25) is 0 Å². The maximum atomic E-state index is 6.07. The van der Waals surface area contributed by atoms with Gasteiger partial charge in [-0.15, -0.1) is 0 Å². The first-order valence-electron chi connectivity index (χ1n) is 6.40. The molecular weight excluding hydrogens is 295 g/mol. The Balaban J connectivity index is 2.14. The first-order chi connectivity index (χ1) is 9.63. The number of nitrogens with zero attached hydrogens (tertiary/aromatic N) is 1. The number of hydrogen-bond donors (Lipinski definition) is 1. The van der Waals surface area contributed by atoms with Crippen LogP contribution in [0.25, 0.3) is 0 Å². The largest absolute Gasteiger partial charge is 0.454 e. The second kappa shape index (κ2) is 6.93. The molecular formula is C15H16Cl2N2O. The summed E-state index contributed by atoms with van der Waals surface area (Å²) in [6, 6.07) is 9.20. The average molecular weight is 311 g/mol. The van der Waals surface area contributed by atoms with E-state index >= 15 is 0 Å². The van der Waals surface area contributed by atoms with E-state index in [-0.39, 0.29) is 6.04 Å². The number of ether oxygens (including phenoxy) is 1. The van der Waals surface area contributed by atoms with Crippen molar-refractivity contribution in [3.63, 3.8) is 0 Å². The van der Waals surface area contributed by atoms with Crippen LogP contribution >= 0.6 is 23.2 Å². The molecule has 3 nitrogen and oxygen atoms in total. The third-order valence-corrected chi connectivity index (χ3v) is 3.53. The molecule has 1 atom stereocenters. The van der Waals surface area contributed by atoms with E-state index < -0.39 is 0 Å². The fourth-order valence-electron chi connectivity index (χ4n) is 1.90. The summed E-state index contributed by atoms with van der Waals surface area (Å²) in [5.41, 5.74) is 0.990. The molecule has 0 spiro atoms. The number of pyridine rings is 1. The Bertz CT molecular complexity index is 569. The van der Waals surface area contributed by atoms with Gasteiger partial charge in [0.25, 0.3) is 0 Å². The van der Waals surface area contributed by atoms with Crippen LogP contribution in [0.1, 0.15) is 25.1 Å². The summed E-state index contributed by atoms with van der Waals surface area (Å²) in [6.07, 6.45) is 2.67. The minimum atomic E-state index is 0.253. The van der Waals surface area contributed by atoms with Crippen LogP contribution in [0.15, 0.2) is 36.5 Å². The number of nitrogens with one attached hydrogen (secondary N) is 1. The highest BCUT2D eigenvalue weighted by Gasteiger charge is 2.09. The van der Waals surface area contributed by atoms with Gasteiger partial charge in [0, 0.05) is 11.1 Å². The predicted molar refractivity (Wildman–Crippen MR) is 82.9 cm³/mol. The van der Waals surface area contributed by atoms with Crippen LogP contribution in [0.2, 0.25) is 10.0 Å². The summed E-state index contributed by atoms with van der Waals surface area (Å²) in [6.45, 7) is 2.11. The molecule has 0 saturated carbocycles. The van der Waals surface area contributed by atoms with Crippen LogP contribution in [-0.4, -0.2) is 12.0 Å². The molecule has 1 aromatic carbocycles. The van der Waals surface area contributed by atoms with Gasteiger partial charge in [0.15, 0.2) is 0 Å². The Morgan fingerprint density at radius 3 is 2.60 bits per heavy atom. The van der Waals surface area contributed by atoms with Crippen molar-refractivity contribution < 1.29 is 4.74 Å². The van der Waals surface area contributed by atoms with Crippen LogP contribution in [0.5, 0.6) is 11.5 Å². The second-order valence-electron chi connectivity index (χ2n) is 4.35. The molecule has 0 radical (unpaired) electrons. The van der Waals surface area contributed by atoms with Gasteiger partial charge in [0.05, 0.1) is 16.9 Å². The molecule has 0 aliphatic carbocycles. The fourth-order valence-corrected chi connectivity index (χ4v) is 2.35. The molecule has 0 saturated heterocycles. The lowest BCUT2D eigenvalue weighted by Crippen LogP contribution is -2.16. The van der Waals surface area contributed by atoms with Crippen LogP contribution in [0, 0.1) is 0 Å². The summed E-state index contributed by atoms with van der Waals surface area (Å²) in [4.78, 5) is 4.41. The maximum absolute atomic E-state index is 6.07. The van der Waals surface area contributed by atoms with E-state index in [1.165, 1.54) is 0 Å². The summed E-state index contributed by atoms with van der Waals surface area (Å²) in [7, 11) is 1.92. The van der Waals surface area contributed by atoms with Gasteiger partial charge in [-0.25, -0.2) is 0 Å². The number of benzene rings is 1. The van der Waals surface area contributed by atoms with Crippen molar-refractivity contribution in [3.05, 3.63) is 52.3 Å². The lowest BCUT2D eigenvalue weighted by molar-refractivity contribution is 0.477. The monoisotopic (exact) mass is 310 g/mol. The molecule has 20 heavy (non-hydrogen) atoms. The highest BCUT2D eigenvalue weighted by Crippen LogP contribution is 2.31. The molecule has 1 aromatic heterocycles. The van der Waals surface area contributed by atoms with Gasteiger partial charge in [-0.2, -0.15) is 0 Å². The molecule has 2 rings (SSSR count). The summed E-state index contributed by atoms with van der Waals surface area (Å²) in [5, 5.41) is 4.27. The normalized spacial score (nSPS) is 12.2. The Labute approximate surface area is 128 Å². The first-order valence-corrected chi connectivity index (χ1v) is 7.15. The highest BCUT2D eigenvalue weighted by atomic mass is 35.5. The van der Waals surface area contributed by atoms with Gasteiger partial charge < -0.3 is 10.1 Å². The van der Waals surface area contributed by atoms with Gasteiger partial charge in [0.1, 0.15) is 11.5 Å². The third-order valence-electron chi connectivity index (χ3n) is 2.99. The predicted octanol–water partition coefficient (Wildman–Crippen LogP) is 4.85. The van der Waals surface area contributed by atoms with Crippen molar-refractivity contribution in [2.45, 2.75) is 19.4 Å². The van der Waals surface area contributed by atoms with E-state index in [1.807, 2.05) is 19.2 Å². The molecule has 0 amide bonds. The Morgan fingerprint density at radius 1 is 1.25 bits per heavy atom. The van der Waals surface area contributed by atoms with Gasteiger partial charge >= 0.3 is 0 Å². The first kappa shape index (κ1) is 15.1. The molecule has 1 heterocycles. The Hall–Kier alpha value is -1.29. The van der Waals surface area contributed by atoms with Crippen molar-refractivity contribution in [2.75, 3.05) is 7.05 Å². The number of hydrogen-bond acceptors (Lipinski definition) is 3. The molecule has 0 bridgehead atoms. The zero-order valence-electron chi connectivity index (χ0n) is 11.4. The molecule has 5 heteroatoms. The Kier molecular flexibility index (Phi) is 5.24. The molecule has 0 fully saturated rings. The van der Waals surface area contributed by atoms with Crippen LogP contribution < -0.4 is 10.1 Å². The molecule has 0 aliphatic rings. The van der Waals surface area contributed by atoms with Crippen molar-refractivity contribution in [3.8, 4) is 11.5 Å². The topological polar surface area (TPSA) is 34.1 Å². The van der Waals surface area contributed by atoms with Crippen molar-refractivity contribution >= 4 is 23.2 Å². The SMILES string of the molecule is CCC(NC)c1ccc(Oc2ccc(Cl)cc2Cl)cn1. The highest BCUT2D eigenvalue weighted by molar-refractivity contribution is 6.35. The zero-order chi connectivity index (χ0) is 14.5. The molecule has 0 aliphatic heterocycles. The zero-order valence-corrected chi connectivity index (χ0v) is 12.9. The fraction of sp³-hybridized carbons (Fsp3) is 0.267. The second-order valence-corrected chi connectivity index (χ2v) is 5.19. The van der Waals surface area contributed by atoms with Crippen molar-refractivity contribution in [2.24, 2.45) is 0 Å². The van der Waals surface area contributed by atoms with E-state index in [0.717, 1.165) is 12.1 Å². The van der Waals surface area contributed by atoms with Crippen LogP contribution in [0.4, 0.5) is 0 Å². The number of rotatable bonds is 5. The van der Waals surface area contributed by atoms with E-state index in [2.05, 4.69) is 17.2 Å². The minimum absolute atomic E-state index is 0.253. The van der Waals surface area contributed by atoms with E-state index in [9.17, 15) is 0 Å². The van der Waals surface area contributed by atoms with Crippen LogP contribution in [-0.2, 0) is 0 Å². The standard InChI is InChI=1S/C15H16Cl2N2O/c1-3-13(18-2)14-6-5-11(9-19-14)20-15-7-4-10(16)8-12(15)17/h4-9,13,18H,3H2,1-2H3. The third kappa shape index (κ3) is 3.63. The minimum Gasteiger partial charge on any atom is -0.454 e. The lowest BCUT2D eigenvalue weighted by atomic mass is 10.1. The lowest BCUT2D eigenvalue weighted by Gasteiger charge is -2.13. The van der Waals surface area contributed by atoms with E-state index in [1.54, 1.807) is 24.4 Å². The van der Waals surface area contributed by atoms with Gasteiger partial charge in [-0.3, -0.25) is 4.98 Å². The summed E-state index contributed by atoms with van der Waals surface area (Å²) in [5.74, 6) is 1.20. The van der Waals surface area contributed by atoms with Crippen molar-refractivity contribution in [1.29, 1.82) is 0 Å². The summed E-state index contributed by atoms with van der Waals surface area (Å²) < 4.78 is 5.69. The van der Waals surface area contributed by atoms with Gasteiger partial charge in [-0.05, 0) is 43.8 Å². The molecule has 1 N–H and O–H groups in total. The van der Waals surface area contributed by atoms with Gasteiger partial charge in [-0.1, -0.05) is 30.1 Å². The smallest absolute Gasteiger partial charge is 0.146 e. The maximum Gasteiger partial charge on any atom is 0.146 e. The quantitative estimate of drug-likeness (QED) is 0.857. The summed E-state index contributed by atoms with van der Waals surface area (Å²) >= 11 is 11.9.